The highest BCUT2D eigenvalue weighted by Crippen LogP contribution is 2.77. The number of esters is 1. The second-order valence-electron chi connectivity index (χ2n) is 13.6. The molecule has 4 saturated carbocycles. The highest BCUT2D eigenvalue weighted by atomic mass is 16.5. The number of rotatable bonds is 6. The number of carboxylic acid groups (broad SMARTS) is 1. The summed E-state index contributed by atoms with van der Waals surface area (Å²) in [6.45, 7) is 13.8. The number of ketones is 1. The number of fused-ring (bicyclic) bond motifs is 2. The number of hydrogen-bond acceptors (Lipinski definition) is 4. The van der Waals surface area contributed by atoms with Gasteiger partial charge >= 0.3 is 11.9 Å². The van der Waals surface area contributed by atoms with Gasteiger partial charge in [-0.15, -0.1) is 0 Å². The van der Waals surface area contributed by atoms with Gasteiger partial charge in [0, 0.05) is 18.3 Å². The van der Waals surface area contributed by atoms with Gasteiger partial charge in [-0.05, 0) is 78.4 Å². The Hall–Kier alpha value is -1.39. The molecule has 7 atom stereocenters. The predicted octanol–water partition coefficient (Wildman–Crippen LogP) is 6.04. The molecule has 0 heterocycles. The lowest BCUT2D eigenvalue weighted by atomic mass is 9.37. The molecular weight excluding hydrogens is 416 g/mol. The first-order valence-electron chi connectivity index (χ1n) is 13.2. The Morgan fingerprint density at radius 1 is 1.00 bits per heavy atom. The van der Waals surface area contributed by atoms with E-state index in [1.54, 1.807) is 0 Å². The van der Waals surface area contributed by atoms with E-state index in [2.05, 4.69) is 41.5 Å². The number of Topliss-reactive ketones (excluding diaryl/α,β-unsaturated/α-hetero) is 1. The van der Waals surface area contributed by atoms with Crippen LogP contribution in [0.1, 0.15) is 106 Å². The Morgan fingerprint density at radius 2 is 1.70 bits per heavy atom. The van der Waals surface area contributed by atoms with Crippen molar-refractivity contribution >= 4 is 17.7 Å². The van der Waals surface area contributed by atoms with Crippen LogP contribution in [0.15, 0.2) is 0 Å². The molecule has 1 N–H and O–H groups in total. The zero-order valence-electron chi connectivity index (χ0n) is 21.5. The SMILES string of the molecule is CC(C)CC(=O)C1C[C@@H]2C(OC(=O)CC(=O)O)C[C@H]3C(C)(C)CCC[C@]3(C)[C@]23CC[C@@]1(C)C3. The standard InChI is InChI=1S/C28H44O5/c1-17(2)12-20(29)18-13-19-21(33-24(32)15-23(30)31)14-22-25(3,4)8-7-9-27(22,6)28(19)11-10-26(18,5)16-28/h17-19,21-22H,7-16H2,1-6H3,(H,30,31)/t18?,19-,21?,22+,26+,27+,28+/m1/s1. The van der Waals surface area contributed by atoms with E-state index in [-0.39, 0.29) is 39.6 Å². The van der Waals surface area contributed by atoms with Crippen LogP contribution in [0.5, 0.6) is 0 Å². The van der Waals surface area contributed by atoms with E-state index in [1.807, 2.05) is 0 Å². The molecule has 33 heavy (non-hydrogen) atoms. The van der Waals surface area contributed by atoms with E-state index in [0.717, 1.165) is 32.1 Å². The zero-order valence-corrected chi connectivity index (χ0v) is 21.5. The van der Waals surface area contributed by atoms with E-state index in [9.17, 15) is 14.4 Å². The van der Waals surface area contributed by atoms with Crippen LogP contribution in [0.3, 0.4) is 0 Å². The fourth-order valence-electron chi connectivity index (χ4n) is 9.43. The summed E-state index contributed by atoms with van der Waals surface area (Å²) in [7, 11) is 0. The number of carboxylic acids is 1. The summed E-state index contributed by atoms with van der Waals surface area (Å²) < 4.78 is 6.02. The maximum absolute atomic E-state index is 13.4. The highest BCUT2D eigenvalue weighted by Gasteiger charge is 2.72. The number of carbonyl (C=O) groups is 3. The van der Waals surface area contributed by atoms with Crippen molar-refractivity contribution in [3.63, 3.8) is 0 Å². The third-order valence-electron chi connectivity index (χ3n) is 10.8. The Balaban J connectivity index is 1.75. The molecule has 4 aliphatic rings. The summed E-state index contributed by atoms with van der Waals surface area (Å²) in [6.07, 6.45) is 8.12. The molecule has 2 unspecified atom stereocenters. The first-order valence-corrected chi connectivity index (χ1v) is 13.2. The number of aliphatic carboxylic acids is 1. The molecular formula is C28H44O5. The van der Waals surface area contributed by atoms with Crippen LogP contribution >= 0.6 is 0 Å². The minimum absolute atomic E-state index is 0.0120. The van der Waals surface area contributed by atoms with Crippen LogP contribution < -0.4 is 0 Å². The van der Waals surface area contributed by atoms with Crippen molar-refractivity contribution in [3.05, 3.63) is 0 Å². The molecule has 0 amide bonds. The monoisotopic (exact) mass is 460 g/mol. The molecule has 0 radical (unpaired) electrons. The smallest absolute Gasteiger partial charge is 0.317 e. The first-order chi connectivity index (χ1) is 15.2. The van der Waals surface area contributed by atoms with Crippen LogP contribution in [0.25, 0.3) is 0 Å². The van der Waals surface area contributed by atoms with Crippen LogP contribution in [0, 0.1) is 45.3 Å². The number of carbonyl (C=O) groups excluding carboxylic acids is 2. The third-order valence-corrected chi connectivity index (χ3v) is 10.8. The van der Waals surface area contributed by atoms with Gasteiger partial charge < -0.3 is 9.84 Å². The Labute approximate surface area is 199 Å². The highest BCUT2D eigenvalue weighted by molar-refractivity contribution is 5.90. The molecule has 0 aromatic rings. The van der Waals surface area contributed by atoms with Crippen molar-refractivity contribution in [1.29, 1.82) is 0 Å². The second kappa shape index (κ2) is 8.09. The van der Waals surface area contributed by atoms with Gasteiger partial charge in [-0.1, -0.05) is 48.0 Å². The average Bonchev–Trinajstić information content (AvgIpc) is 2.95. The van der Waals surface area contributed by atoms with Crippen LogP contribution in [0.4, 0.5) is 0 Å². The van der Waals surface area contributed by atoms with Crippen molar-refractivity contribution in [2.45, 2.75) is 112 Å². The fourth-order valence-corrected chi connectivity index (χ4v) is 9.43. The summed E-state index contributed by atoms with van der Waals surface area (Å²) in [4.78, 5) is 37.2. The van der Waals surface area contributed by atoms with Gasteiger partial charge in [0.15, 0.2) is 0 Å². The fraction of sp³-hybridized carbons (Fsp3) is 0.893. The van der Waals surface area contributed by atoms with E-state index in [0.29, 0.717) is 24.0 Å². The molecule has 5 nitrogen and oxygen atoms in total. The predicted molar refractivity (Wildman–Crippen MR) is 126 cm³/mol. The van der Waals surface area contributed by atoms with Crippen LogP contribution in [-0.2, 0) is 19.1 Å². The van der Waals surface area contributed by atoms with Gasteiger partial charge in [-0.2, -0.15) is 0 Å². The first kappa shape index (κ1) is 24.7. The molecule has 4 fully saturated rings. The zero-order chi connectivity index (χ0) is 24.4. The van der Waals surface area contributed by atoms with Crippen molar-refractivity contribution in [1.82, 2.24) is 0 Å². The van der Waals surface area contributed by atoms with Crippen molar-refractivity contribution in [3.8, 4) is 0 Å². The third kappa shape index (κ3) is 3.86. The maximum atomic E-state index is 13.4. The van der Waals surface area contributed by atoms with Crippen molar-refractivity contribution in [2.75, 3.05) is 0 Å². The molecule has 0 aliphatic heterocycles. The number of hydrogen-bond donors (Lipinski definition) is 1. The van der Waals surface area contributed by atoms with E-state index < -0.39 is 18.4 Å². The minimum atomic E-state index is -1.14. The normalized spacial score (nSPS) is 43.5. The lowest BCUT2D eigenvalue weighted by Gasteiger charge is -2.68. The molecule has 5 heteroatoms. The summed E-state index contributed by atoms with van der Waals surface area (Å²) in [5.74, 6) is -0.477. The topological polar surface area (TPSA) is 80.7 Å². The Kier molecular flexibility index (Phi) is 6.06. The van der Waals surface area contributed by atoms with E-state index in [1.165, 1.54) is 19.3 Å². The van der Waals surface area contributed by atoms with Gasteiger partial charge in [0.05, 0.1) is 0 Å². The van der Waals surface area contributed by atoms with Crippen molar-refractivity contribution in [2.24, 2.45) is 45.3 Å². The minimum Gasteiger partial charge on any atom is -0.481 e. The van der Waals surface area contributed by atoms with Crippen LogP contribution in [-0.4, -0.2) is 28.9 Å². The summed E-state index contributed by atoms with van der Waals surface area (Å²) in [6, 6.07) is 0. The molecule has 4 rings (SSSR count). The van der Waals surface area contributed by atoms with Crippen LogP contribution in [0.2, 0.25) is 0 Å². The largest absolute Gasteiger partial charge is 0.481 e. The second-order valence-corrected chi connectivity index (χ2v) is 13.6. The number of ether oxygens (including phenoxy) is 1. The average molecular weight is 461 g/mol. The molecule has 186 valence electrons. The van der Waals surface area contributed by atoms with E-state index in [4.69, 9.17) is 9.84 Å². The van der Waals surface area contributed by atoms with Gasteiger partial charge in [0.25, 0.3) is 0 Å². The van der Waals surface area contributed by atoms with Crippen molar-refractivity contribution < 1.29 is 24.2 Å². The quantitative estimate of drug-likeness (QED) is 0.386. The summed E-state index contributed by atoms with van der Waals surface area (Å²) >= 11 is 0. The molecule has 0 aromatic carbocycles. The molecule has 2 bridgehead atoms. The maximum Gasteiger partial charge on any atom is 0.317 e. The van der Waals surface area contributed by atoms with Gasteiger partial charge in [0.2, 0.25) is 0 Å². The molecule has 0 saturated heterocycles. The lowest BCUT2D eigenvalue weighted by Crippen LogP contribution is -2.64. The van der Waals surface area contributed by atoms with Gasteiger partial charge in [0.1, 0.15) is 18.3 Å². The Morgan fingerprint density at radius 3 is 2.33 bits per heavy atom. The summed E-state index contributed by atoms with van der Waals surface area (Å²) in [5.41, 5.74) is 0.405. The van der Waals surface area contributed by atoms with Gasteiger partial charge in [-0.3, -0.25) is 14.4 Å². The molecule has 4 aliphatic carbocycles. The molecule has 1 spiro atoms. The lowest BCUT2D eigenvalue weighted by molar-refractivity contribution is -0.226. The summed E-state index contributed by atoms with van der Waals surface area (Å²) in [5, 5.41) is 9.15. The molecule has 0 aromatic heterocycles. The van der Waals surface area contributed by atoms with Gasteiger partial charge in [-0.25, -0.2) is 0 Å². The van der Waals surface area contributed by atoms with E-state index >= 15 is 0 Å². The Bertz CT molecular complexity index is 830.